The van der Waals surface area contributed by atoms with Crippen LogP contribution in [-0.2, 0) is 0 Å². The molecule has 0 radical (unpaired) electrons. The molecule has 0 N–H and O–H groups in total. The Balaban J connectivity index is 1.02. The molecule has 0 amide bonds. The first-order valence-corrected chi connectivity index (χ1v) is 20.4. The van der Waals surface area contributed by atoms with Crippen molar-refractivity contribution in [1.29, 1.82) is 0 Å². The predicted molar refractivity (Wildman–Crippen MR) is 245 cm³/mol. The fourth-order valence-electron chi connectivity index (χ4n) is 8.82. The van der Waals surface area contributed by atoms with Crippen LogP contribution in [0.3, 0.4) is 0 Å². The van der Waals surface area contributed by atoms with Crippen LogP contribution < -0.4 is 4.90 Å². The van der Waals surface area contributed by atoms with Crippen LogP contribution >= 0.6 is 11.3 Å². The molecule has 272 valence electrons. The third-order valence-electron chi connectivity index (χ3n) is 11.5. The molecule has 0 unspecified atom stereocenters. The van der Waals surface area contributed by atoms with Gasteiger partial charge in [-0.15, -0.1) is 11.3 Å². The van der Waals surface area contributed by atoms with E-state index in [0.717, 1.165) is 83.2 Å². The summed E-state index contributed by atoms with van der Waals surface area (Å²) in [6, 6.07) is 71.3. The molecular weight excluding hydrogens is 727 g/mol. The summed E-state index contributed by atoms with van der Waals surface area (Å²) in [4.78, 5) is 2.43. The van der Waals surface area contributed by atoms with Gasteiger partial charge < -0.3 is 13.7 Å². The van der Waals surface area contributed by atoms with Crippen LogP contribution in [0.15, 0.2) is 209 Å². The highest BCUT2D eigenvalue weighted by atomic mass is 32.1. The normalized spacial score (nSPS) is 11.8. The molecule has 0 aliphatic carbocycles. The van der Waals surface area contributed by atoms with Crippen molar-refractivity contribution in [2.75, 3.05) is 4.90 Å². The van der Waals surface area contributed by atoms with Gasteiger partial charge in [-0.1, -0.05) is 146 Å². The Hall–Kier alpha value is -7.40. The number of rotatable bonds is 6. The zero-order chi connectivity index (χ0) is 38.2. The molecule has 0 aliphatic heterocycles. The molecule has 0 saturated carbocycles. The Morgan fingerprint density at radius 2 is 1.03 bits per heavy atom. The van der Waals surface area contributed by atoms with Crippen molar-refractivity contribution in [2.45, 2.75) is 0 Å². The summed E-state index contributed by atoms with van der Waals surface area (Å²) >= 11 is 1.85. The number of benzene rings is 9. The van der Waals surface area contributed by atoms with Crippen LogP contribution in [0, 0.1) is 0 Å². The highest BCUT2D eigenvalue weighted by Crippen LogP contribution is 2.48. The number of thiophene rings is 1. The third-order valence-corrected chi connectivity index (χ3v) is 12.7. The molecule has 3 aromatic heterocycles. The molecule has 0 fully saturated rings. The predicted octanol–water partition coefficient (Wildman–Crippen LogP) is 16.3. The Bertz CT molecular complexity index is 3500. The Morgan fingerprint density at radius 1 is 0.379 bits per heavy atom. The molecule has 12 rings (SSSR count). The lowest BCUT2D eigenvalue weighted by Crippen LogP contribution is -2.11. The number of hydrogen-bond donors (Lipinski definition) is 0. The Kier molecular flexibility index (Phi) is 7.40. The van der Waals surface area contributed by atoms with E-state index < -0.39 is 0 Å². The van der Waals surface area contributed by atoms with Crippen molar-refractivity contribution in [3.63, 3.8) is 0 Å². The van der Waals surface area contributed by atoms with Gasteiger partial charge in [0.25, 0.3) is 0 Å². The van der Waals surface area contributed by atoms with Gasteiger partial charge in [0.2, 0.25) is 0 Å². The van der Waals surface area contributed by atoms with Crippen LogP contribution in [0.4, 0.5) is 17.1 Å². The number of para-hydroxylation sites is 2. The van der Waals surface area contributed by atoms with Gasteiger partial charge in [-0.05, 0) is 76.9 Å². The highest BCUT2D eigenvalue weighted by molar-refractivity contribution is 7.26. The minimum atomic E-state index is 0.852. The zero-order valence-electron chi connectivity index (χ0n) is 31.2. The first-order valence-electron chi connectivity index (χ1n) is 19.6. The fraction of sp³-hybridized carbons (Fsp3) is 0. The van der Waals surface area contributed by atoms with Gasteiger partial charge in [-0.25, -0.2) is 0 Å². The summed E-state index contributed by atoms with van der Waals surface area (Å²) in [5.41, 5.74) is 13.6. The van der Waals surface area contributed by atoms with Gasteiger partial charge in [0, 0.05) is 53.8 Å². The van der Waals surface area contributed by atoms with Gasteiger partial charge in [0.1, 0.15) is 22.3 Å². The van der Waals surface area contributed by atoms with E-state index in [9.17, 15) is 0 Å². The lowest BCUT2D eigenvalue weighted by molar-refractivity contribution is 0.664. The summed E-state index contributed by atoms with van der Waals surface area (Å²) in [5.74, 6) is 0. The van der Waals surface area contributed by atoms with E-state index in [1.807, 2.05) is 23.5 Å². The number of hydrogen-bond acceptors (Lipinski definition) is 4. The van der Waals surface area contributed by atoms with Crippen molar-refractivity contribution in [3.05, 3.63) is 200 Å². The monoisotopic (exact) mass is 759 g/mol. The summed E-state index contributed by atoms with van der Waals surface area (Å²) in [6.07, 6.45) is 0. The summed E-state index contributed by atoms with van der Waals surface area (Å²) in [7, 11) is 0. The van der Waals surface area contributed by atoms with Crippen LogP contribution in [0.2, 0.25) is 0 Å². The van der Waals surface area contributed by atoms with E-state index in [1.165, 1.54) is 31.3 Å². The van der Waals surface area contributed by atoms with Crippen LogP contribution in [-0.4, -0.2) is 0 Å². The maximum atomic E-state index is 6.76. The third kappa shape index (κ3) is 5.12. The standard InChI is InChI=1S/C54H33NO2S/c1-3-14-35(15-4-1)39-18-7-10-22-45(39)55(46-23-13-21-41-40-19-9-12-25-50(40)58-54(41)46)38-29-26-34(27-30-38)37-28-31-48-43(32-37)44-33-49-52(42-20-8-11-24-47(42)56-49)51(53(44)57-48)36-16-5-2-6-17-36/h1-33H. The van der Waals surface area contributed by atoms with E-state index in [2.05, 4.69) is 193 Å². The molecule has 0 saturated heterocycles. The minimum absolute atomic E-state index is 0.852. The average molecular weight is 760 g/mol. The number of fused-ring (bicyclic) bond motifs is 9. The first-order chi connectivity index (χ1) is 28.8. The van der Waals surface area contributed by atoms with E-state index in [1.54, 1.807) is 0 Å². The van der Waals surface area contributed by atoms with Crippen molar-refractivity contribution >= 4 is 92.4 Å². The number of furan rings is 2. The molecule has 3 nitrogen and oxygen atoms in total. The van der Waals surface area contributed by atoms with E-state index in [4.69, 9.17) is 8.83 Å². The highest BCUT2D eigenvalue weighted by Gasteiger charge is 2.23. The van der Waals surface area contributed by atoms with E-state index >= 15 is 0 Å². The topological polar surface area (TPSA) is 29.5 Å². The second-order valence-electron chi connectivity index (χ2n) is 14.8. The van der Waals surface area contributed by atoms with Gasteiger partial charge in [0.05, 0.1) is 16.1 Å². The van der Waals surface area contributed by atoms with Crippen molar-refractivity contribution in [1.82, 2.24) is 0 Å². The number of anilines is 3. The molecule has 12 aromatic rings. The van der Waals surface area contributed by atoms with Crippen LogP contribution in [0.25, 0.3) is 97.4 Å². The van der Waals surface area contributed by atoms with E-state index in [-0.39, 0.29) is 0 Å². The molecule has 9 aromatic carbocycles. The van der Waals surface area contributed by atoms with Gasteiger partial charge in [-0.3, -0.25) is 0 Å². The van der Waals surface area contributed by atoms with Crippen LogP contribution in [0.5, 0.6) is 0 Å². The smallest absolute Gasteiger partial charge is 0.144 e. The molecule has 0 atom stereocenters. The maximum Gasteiger partial charge on any atom is 0.144 e. The van der Waals surface area contributed by atoms with Crippen LogP contribution in [0.1, 0.15) is 0 Å². The van der Waals surface area contributed by atoms with Gasteiger partial charge >= 0.3 is 0 Å². The van der Waals surface area contributed by atoms with Gasteiger partial charge in [-0.2, -0.15) is 0 Å². The summed E-state index contributed by atoms with van der Waals surface area (Å²) in [6.45, 7) is 0. The molecule has 4 heteroatoms. The average Bonchev–Trinajstić information content (AvgIpc) is 3.98. The SMILES string of the molecule is c1ccc(-c2ccccc2N(c2ccc(-c3ccc4oc5c(-c6ccccc6)c6c(cc5c4c3)oc3ccccc36)cc2)c2cccc3c2sc2ccccc23)cc1. The second kappa shape index (κ2) is 13.1. The number of nitrogens with zero attached hydrogens (tertiary/aromatic N) is 1. The Morgan fingerprint density at radius 3 is 1.88 bits per heavy atom. The van der Waals surface area contributed by atoms with Crippen molar-refractivity contribution in [2.24, 2.45) is 0 Å². The Labute approximate surface area is 338 Å². The molecule has 0 bridgehead atoms. The largest absolute Gasteiger partial charge is 0.456 e. The van der Waals surface area contributed by atoms with Crippen molar-refractivity contribution < 1.29 is 8.83 Å². The lowest BCUT2D eigenvalue weighted by atomic mass is 9.96. The van der Waals surface area contributed by atoms with Gasteiger partial charge in [0.15, 0.2) is 0 Å². The summed E-state index contributed by atoms with van der Waals surface area (Å²) in [5, 5.41) is 6.82. The molecular formula is C54H33NO2S. The van der Waals surface area contributed by atoms with E-state index in [0.29, 0.717) is 0 Å². The fourth-order valence-corrected chi connectivity index (χ4v) is 10.0. The zero-order valence-corrected chi connectivity index (χ0v) is 32.0. The van der Waals surface area contributed by atoms with Crippen molar-refractivity contribution in [3.8, 4) is 33.4 Å². The molecule has 3 heterocycles. The summed E-state index contributed by atoms with van der Waals surface area (Å²) < 4.78 is 15.8. The molecule has 58 heavy (non-hydrogen) atoms. The molecule has 0 aliphatic rings. The lowest BCUT2D eigenvalue weighted by Gasteiger charge is -2.28. The second-order valence-corrected chi connectivity index (χ2v) is 15.8. The quantitative estimate of drug-likeness (QED) is 0.169. The first kappa shape index (κ1) is 32.8. The minimum Gasteiger partial charge on any atom is -0.456 e. The molecule has 0 spiro atoms. The maximum absolute atomic E-state index is 6.76.